The van der Waals surface area contributed by atoms with Crippen LogP contribution in [0.5, 0.6) is 11.5 Å². The SMILES string of the molecule is CC(C)(C)Oc1ccccc1[C-]=O.CC(C)(C)Oc1ccccc1[C-]=O.[Co+2]. The van der Waals surface area contributed by atoms with Gasteiger partial charge in [-0.1, -0.05) is 24.3 Å². The monoisotopic (exact) mass is 413 g/mol. The summed E-state index contributed by atoms with van der Waals surface area (Å²) in [6.45, 7) is 11.6. The summed E-state index contributed by atoms with van der Waals surface area (Å²) in [7, 11) is 0. The Kier molecular flexibility index (Phi) is 10.0. The average Bonchev–Trinajstić information content (AvgIpc) is 2.53. The van der Waals surface area contributed by atoms with Gasteiger partial charge in [0.25, 0.3) is 0 Å². The molecule has 0 aliphatic rings. The van der Waals surface area contributed by atoms with Crippen molar-refractivity contribution in [3.05, 3.63) is 59.7 Å². The van der Waals surface area contributed by atoms with E-state index in [1.54, 1.807) is 36.4 Å². The minimum Gasteiger partial charge on any atom is -0.546 e. The predicted molar refractivity (Wildman–Crippen MR) is 103 cm³/mol. The second-order valence-corrected chi connectivity index (χ2v) is 7.63. The fourth-order valence-corrected chi connectivity index (χ4v) is 1.94. The Bertz CT molecular complexity index is 664. The molecule has 5 heteroatoms. The van der Waals surface area contributed by atoms with Gasteiger partial charge >= 0.3 is 16.8 Å². The first-order chi connectivity index (χ1) is 12.1. The van der Waals surface area contributed by atoms with Gasteiger partial charge in [-0.25, -0.2) is 0 Å². The molecule has 2 aromatic rings. The first-order valence-electron chi connectivity index (χ1n) is 8.38. The molecule has 0 atom stereocenters. The summed E-state index contributed by atoms with van der Waals surface area (Å²) in [6, 6.07) is 14.2. The summed E-state index contributed by atoms with van der Waals surface area (Å²) in [5.41, 5.74) is 0.370. The van der Waals surface area contributed by atoms with E-state index in [9.17, 15) is 9.59 Å². The zero-order valence-corrected chi connectivity index (χ0v) is 17.6. The first kappa shape index (κ1) is 24.9. The van der Waals surface area contributed by atoms with Gasteiger partial charge in [0.2, 0.25) is 0 Å². The van der Waals surface area contributed by atoms with Gasteiger partial charge in [0.1, 0.15) is 0 Å². The van der Waals surface area contributed by atoms with Crippen molar-refractivity contribution in [2.75, 3.05) is 0 Å². The second-order valence-electron chi connectivity index (χ2n) is 7.63. The smallest absolute Gasteiger partial charge is 0.546 e. The van der Waals surface area contributed by atoms with E-state index < -0.39 is 0 Å². The number of carbonyl (C=O) groups excluding carboxylic acids is 2. The zero-order chi connectivity index (χ0) is 19.8. The van der Waals surface area contributed by atoms with Crippen molar-refractivity contribution in [2.24, 2.45) is 0 Å². The Morgan fingerprint density at radius 1 is 0.630 bits per heavy atom. The number of hydrogen-bond donors (Lipinski definition) is 0. The maximum absolute atomic E-state index is 10.5. The summed E-state index contributed by atoms with van der Waals surface area (Å²) < 4.78 is 11.1. The van der Waals surface area contributed by atoms with Crippen molar-refractivity contribution >= 4 is 12.6 Å². The van der Waals surface area contributed by atoms with Crippen molar-refractivity contribution in [3.8, 4) is 11.5 Å². The normalized spacial score (nSPS) is 10.6. The molecule has 0 saturated carbocycles. The number of para-hydroxylation sites is 2. The Labute approximate surface area is 172 Å². The van der Waals surface area contributed by atoms with Gasteiger partial charge in [0.15, 0.2) is 0 Å². The molecule has 0 N–H and O–H groups in total. The molecule has 2 aromatic carbocycles. The van der Waals surface area contributed by atoms with Gasteiger partial charge < -0.3 is 19.1 Å². The van der Waals surface area contributed by atoms with Gasteiger partial charge in [0.05, 0.1) is 23.8 Å². The molecule has 147 valence electrons. The van der Waals surface area contributed by atoms with E-state index in [2.05, 4.69) is 0 Å². The van der Waals surface area contributed by atoms with E-state index in [1.165, 1.54) is 0 Å². The third kappa shape index (κ3) is 9.96. The van der Waals surface area contributed by atoms with Crippen LogP contribution in [0.3, 0.4) is 0 Å². The number of rotatable bonds is 4. The van der Waals surface area contributed by atoms with Crippen LogP contribution in [0.1, 0.15) is 52.7 Å². The van der Waals surface area contributed by atoms with Gasteiger partial charge in [0, 0.05) is 11.5 Å². The van der Waals surface area contributed by atoms with Gasteiger partial charge in [-0.3, -0.25) is 0 Å². The van der Waals surface area contributed by atoms with Crippen molar-refractivity contribution in [3.63, 3.8) is 0 Å². The fraction of sp³-hybridized carbons (Fsp3) is 0.364. The molecule has 0 aromatic heterocycles. The van der Waals surface area contributed by atoms with Gasteiger partial charge in [-0.05, 0) is 41.5 Å². The largest absolute Gasteiger partial charge is 2.00 e. The summed E-state index contributed by atoms with van der Waals surface area (Å²) in [4.78, 5) is 21.0. The minimum atomic E-state index is -0.285. The Hall–Kier alpha value is -2.11. The second kappa shape index (κ2) is 10.9. The van der Waals surface area contributed by atoms with Crippen LogP contribution in [0, 0.1) is 0 Å². The molecule has 0 aliphatic heterocycles. The number of hydrogen-bond acceptors (Lipinski definition) is 4. The van der Waals surface area contributed by atoms with Crippen molar-refractivity contribution < 1.29 is 35.8 Å². The number of benzene rings is 2. The van der Waals surface area contributed by atoms with Crippen LogP contribution in [0.4, 0.5) is 0 Å². The third-order valence-corrected chi connectivity index (χ3v) is 2.83. The topological polar surface area (TPSA) is 52.6 Å². The Morgan fingerprint density at radius 2 is 0.926 bits per heavy atom. The van der Waals surface area contributed by atoms with E-state index in [0.29, 0.717) is 22.6 Å². The summed E-state index contributed by atoms with van der Waals surface area (Å²) in [6.07, 6.45) is 3.69. The minimum absolute atomic E-state index is 0. The molecular weight excluding hydrogens is 387 g/mol. The molecule has 0 saturated heterocycles. The molecule has 0 spiro atoms. The van der Waals surface area contributed by atoms with Gasteiger partial charge in [-0.2, -0.15) is 12.1 Å². The molecule has 27 heavy (non-hydrogen) atoms. The van der Waals surface area contributed by atoms with Crippen LogP contribution in [0.15, 0.2) is 48.5 Å². The van der Waals surface area contributed by atoms with E-state index in [1.807, 2.05) is 66.2 Å². The Balaban J connectivity index is 0.000000483. The van der Waals surface area contributed by atoms with Crippen molar-refractivity contribution in [2.45, 2.75) is 52.7 Å². The van der Waals surface area contributed by atoms with Crippen molar-refractivity contribution in [1.29, 1.82) is 0 Å². The quantitative estimate of drug-likeness (QED) is 0.686. The molecule has 4 nitrogen and oxygen atoms in total. The Morgan fingerprint density at radius 3 is 1.19 bits per heavy atom. The summed E-state index contributed by atoms with van der Waals surface area (Å²) in [5.74, 6) is 1.18. The van der Waals surface area contributed by atoms with Crippen LogP contribution >= 0.6 is 0 Å². The first-order valence-corrected chi connectivity index (χ1v) is 8.38. The maximum atomic E-state index is 10.5. The van der Waals surface area contributed by atoms with Crippen LogP contribution in [0.2, 0.25) is 0 Å². The van der Waals surface area contributed by atoms with Crippen molar-refractivity contribution in [1.82, 2.24) is 0 Å². The molecule has 0 amide bonds. The van der Waals surface area contributed by atoms with Gasteiger partial charge in [-0.15, -0.1) is 23.3 Å². The van der Waals surface area contributed by atoms with E-state index in [-0.39, 0.29) is 28.0 Å². The molecule has 0 bridgehead atoms. The average molecular weight is 413 g/mol. The standard InChI is InChI=1S/2C11H13O2.Co/c2*1-11(2,3)13-10-7-5-4-6-9(10)8-12;/h2*4-7H,1-3H3;/q2*-1;+2. The van der Waals surface area contributed by atoms with E-state index in [0.717, 1.165) is 0 Å². The molecule has 2 rings (SSSR count). The molecule has 0 unspecified atom stereocenters. The van der Waals surface area contributed by atoms with E-state index in [4.69, 9.17) is 9.47 Å². The third-order valence-electron chi connectivity index (χ3n) is 2.83. The summed E-state index contributed by atoms with van der Waals surface area (Å²) >= 11 is 0. The van der Waals surface area contributed by atoms with Crippen LogP contribution < -0.4 is 9.47 Å². The number of ether oxygens (including phenoxy) is 2. The summed E-state index contributed by atoms with van der Waals surface area (Å²) in [5, 5.41) is 0. The van der Waals surface area contributed by atoms with E-state index >= 15 is 0 Å². The molecular formula is C22H26CoO4. The van der Waals surface area contributed by atoms with Crippen LogP contribution in [-0.4, -0.2) is 23.8 Å². The molecule has 0 heterocycles. The predicted octanol–water partition coefficient (Wildman–Crippen LogP) is 4.64. The fourth-order valence-electron chi connectivity index (χ4n) is 1.94. The van der Waals surface area contributed by atoms with Crippen LogP contribution in [0.25, 0.3) is 0 Å². The zero-order valence-electron chi connectivity index (χ0n) is 16.6. The molecule has 0 aliphatic carbocycles. The maximum Gasteiger partial charge on any atom is 2.00 e. The van der Waals surface area contributed by atoms with Crippen LogP contribution in [-0.2, 0) is 26.4 Å². The molecule has 0 fully saturated rings. The molecule has 1 radical (unpaired) electrons.